The first kappa shape index (κ1) is 18.0. The number of thiazole rings is 1. The van der Waals surface area contributed by atoms with Crippen LogP contribution >= 0.6 is 34.7 Å². The number of fused-ring (bicyclic) bond motifs is 2. The summed E-state index contributed by atoms with van der Waals surface area (Å²) in [5, 5.41) is 1.36. The van der Waals surface area contributed by atoms with E-state index >= 15 is 0 Å². The number of terminal acetylenes is 1. The third kappa shape index (κ3) is 3.44. The molecule has 0 radical (unpaired) electrons. The van der Waals surface area contributed by atoms with Crippen molar-refractivity contribution in [3.63, 3.8) is 0 Å². The Balaban J connectivity index is 1.78. The Labute approximate surface area is 168 Å². The highest BCUT2D eigenvalue weighted by atomic mass is 35.5. The van der Waals surface area contributed by atoms with Crippen molar-refractivity contribution in [3.8, 4) is 12.3 Å². The van der Waals surface area contributed by atoms with Crippen LogP contribution in [0.25, 0.3) is 21.4 Å². The van der Waals surface area contributed by atoms with Gasteiger partial charge in [-0.15, -0.1) is 23.7 Å². The van der Waals surface area contributed by atoms with Crippen molar-refractivity contribution in [2.45, 2.75) is 28.5 Å². The first-order valence-electron chi connectivity index (χ1n) is 7.95. The normalized spacial score (nSPS) is 12.5. The van der Waals surface area contributed by atoms with Gasteiger partial charge in [-0.2, -0.15) is 0 Å². The second kappa shape index (κ2) is 7.32. The van der Waals surface area contributed by atoms with Gasteiger partial charge >= 0.3 is 0 Å². The number of benzene rings is 1. The van der Waals surface area contributed by atoms with E-state index in [1.54, 1.807) is 0 Å². The molecule has 0 spiro atoms. The van der Waals surface area contributed by atoms with Gasteiger partial charge in [0.05, 0.1) is 15.2 Å². The standard InChI is InChI=1S/C17H14ClN7S2/c1-2-4-9(19)7-25-15-12(14(20)21-8-22-15)24-16(25)27-17-23-11-6-3-5-10(18)13(11)26-17/h1,3,5-6,8-9H,4,7,19H2,(H2,20,21,22). The minimum atomic E-state index is -0.229. The van der Waals surface area contributed by atoms with Crippen LogP contribution in [0.4, 0.5) is 5.82 Å². The largest absolute Gasteiger partial charge is 0.382 e. The Morgan fingerprint density at radius 3 is 2.96 bits per heavy atom. The maximum Gasteiger partial charge on any atom is 0.177 e. The van der Waals surface area contributed by atoms with E-state index in [-0.39, 0.29) is 6.04 Å². The Bertz CT molecular complexity index is 1180. The number of hydrogen-bond donors (Lipinski definition) is 2. The fraction of sp³-hybridized carbons (Fsp3) is 0.176. The van der Waals surface area contributed by atoms with E-state index in [1.165, 1.54) is 29.4 Å². The van der Waals surface area contributed by atoms with Crippen molar-refractivity contribution in [1.82, 2.24) is 24.5 Å². The van der Waals surface area contributed by atoms with Gasteiger partial charge in [0.1, 0.15) is 6.33 Å². The number of nitrogens with two attached hydrogens (primary N) is 2. The lowest BCUT2D eigenvalue weighted by Gasteiger charge is -2.12. The summed E-state index contributed by atoms with van der Waals surface area (Å²) in [7, 11) is 0. The molecule has 27 heavy (non-hydrogen) atoms. The summed E-state index contributed by atoms with van der Waals surface area (Å²) in [5.41, 5.74) is 14.1. The van der Waals surface area contributed by atoms with Gasteiger partial charge in [0, 0.05) is 19.0 Å². The van der Waals surface area contributed by atoms with Crippen molar-refractivity contribution in [1.29, 1.82) is 0 Å². The molecule has 3 aromatic heterocycles. The predicted octanol–water partition coefficient (Wildman–Crippen LogP) is 3.17. The molecule has 7 nitrogen and oxygen atoms in total. The Hall–Kier alpha value is -2.38. The third-order valence-corrected chi connectivity index (χ3v) is 6.43. The molecule has 3 heterocycles. The van der Waals surface area contributed by atoms with Gasteiger partial charge in [-0.3, -0.25) is 0 Å². The average molecular weight is 416 g/mol. The highest BCUT2D eigenvalue weighted by Gasteiger charge is 2.19. The number of nitrogen functional groups attached to an aromatic ring is 1. The zero-order chi connectivity index (χ0) is 19.0. The first-order chi connectivity index (χ1) is 13.1. The molecule has 0 amide bonds. The number of halogens is 1. The van der Waals surface area contributed by atoms with Crippen LogP contribution in [-0.4, -0.2) is 30.5 Å². The molecule has 10 heteroatoms. The molecular weight excluding hydrogens is 402 g/mol. The van der Waals surface area contributed by atoms with E-state index in [2.05, 4.69) is 25.9 Å². The van der Waals surface area contributed by atoms with Crippen LogP contribution < -0.4 is 11.5 Å². The van der Waals surface area contributed by atoms with Crippen LogP contribution in [0.3, 0.4) is 0 Å². The van der Waals surface area contributed by atoms with Crippen molar-refractivity contribution in [3.05, 3.63) is 29.5 Å². The van der Waals surface area contributed by atoms with Crippen LogP contribution in [-0.2, 0) is 6.54 Å². The molecule has 0 fully saturated rings. The molecule has 4 N–H and O–H groups in total. The summed E-state index contributed by atoms with van der Waals surface area (Å²) < 4.78 is 3.66. The van der Waals surface area contributed by atoms with Gasteiger partial charge in [0.15, 0.2) is 26.5 Å². The first-order valence-corrected chi connectivity index (χ1v) is 9.96. The summed E-state index contributed by atoms with van der Waals surface area (Å²) in [6, 6.07) is 5.42. The number of rotatable bonds is 5. The summed E-state index contributed by atoms with van der Waals surface area (Å²) in [6.07, 6.45) is 7.24. The SMILES string of the molecule is C#CCC(N)Cn1c(Sc2nc3cccc(Cl)c3s2)nc2c(N)ncnc21. The van der Waals surface area contributed by atoms with E-state index in [0.717, 1.165) is 14.6 Å². The van der Waals surface area contributed by atoms with Crippen LogP contribution in [0.1, 0.15) is 6.42 Å². The molecule has 0 aliphatic rings. The molecule has 0 aliphatic carbocycles. The molecule has 0 aliphatic heterocycles. The maximum absolute atomic E-state index is 6.26. The van der Waals surface area contributed by atoms with E-state index in [9.17, 15) is 0 Å². The zero-order valence-corrected chi connectivity index (χ0v) is 16.4. The van der Waals surface area contributed by atoms with Crippen molar-refractivity contribution in [2.75, 3.05) is 5.73 Å². The monoisotopic (exact) mass is 415 g/mol. The molecule has 1 aromatic carbocycles. The van der Waals surface area contributed by atoms with E-state index in [0.29, 0.717) is 40.1 Å². The molecular formula is C17H14ClN7S2. The fourth-order valence-corrected chi connectivity index (χ4v) is 4.98. The highest BCUT2D eigenvalue weighted by Crippen LogP contribution is 2.38. The second-order valence-corrected chi connectivity index (χ2v) is 8.40. The topological polar surface area (TPSA) is 109 Å². The van der Waals surface area contributed by atoms with Gasteiger partial charge < -0.3 is 16.0 Å². The summed E-state index contributed by atoms with van der Waals surface area (Å²) in [5.74, 6) is 2.90. The summed E-state index contributed by atoms with van der Waals surface area (Å²) >= 11 is 9.18. The van der Waals surface area contributed by atoms with E-state index in [4.69, 9.17) is 29.5 Å². The fourth-order valence-electron chi connectivity index (χ4n) is 2.64. The van der Waals surface area contributed by atoms with E-state index in [1.807, 2.05) is 22.8 Å². The van der Waals surface area contributed by atoms with Crippen LogP contribution in [0, 0.1) is 12.3 Å². The lowest BCUT2D eigenvalue weighted by molar-refractivity contribution is 0.539. The van der Waals surface area contributed by atoms with Gasteiger partial charge in [-0.25, -0.2) is 19.9 Å². The number of anilines is 1. The Morgan fingerprint density at radius 1 is 1.33 bits per heavy atom. The lowest BCUT2D eigenvalue weighted by atomic mass is 10.2. The molecule has 136 valence electrons. The quantitative estimate of drug-likeness (QED) is 0.482. The number of nitrogens with zero attached hydrogens (tertiary/aromatic N) is 5. The average Bonchev–Trinajstić information content (AvgIpc) is 3.19. The maximum atomic E-state index is 6.26. The van der Waals surface area contributed by atoms with Crippen molar-refractivity contribution >= 4 is 61.9 Å². The van der Waals surface area contributed by atoms with E-state index < -0.39 is 0 Å². The molecule has 1 atom stereocenters. The molecule has 0 bridgehead atoms. The number of aromatic nitrogens is 5. The minimum absolute atomic E-state index is 0.229. The van der Waals surface area contributed by atoms with Gasteiger partial charge in [0.25, 0.3) is 0 Å². The smallest absolute Gasteiger partial charge is 0.177 e. The molecule has 0 saturated carbocycles. The lowest BCUT2D eigenvalue weighted by Crippen LogP contribution is -2.26. The van der Waals surface area contributed by atoms with Crippen LogP contribution in [0.15, 0.2) is 34.0 Å². The molecule has 1 unspecified atom stereocenters. The summed E-state index contributed by atoms with van der Waals surface area (Å²) in [6.45, 7) is 0.463. The van der Waals surface area contributed by atoms with Crippen LogP contribution in [0.2, 0.25) is 5.02 Å². The van der Waals surface area contributed by atoms with Crippen LogP contribution in [0.5, 0.6) is 0 Å². The minimum Gasteiger partial charge on any atom is -0.382 e. The van der Waals surface area contributed by atoms with Crippen molar-refractivity contribution in [2.24, 2.45) is 5.73 Å². The van der Waals surface area contributed by atoms with Gasteiger partial charge in [0.2, 0.25) is 0 Å². The molecule has 0 saturated heterocycles. The zero-order valence-electron chi connectivity index (χ0n) is 14.0. The molecule has 4 aromatic rings. The second-order valence-electron chi connectivity index (χ2n) is 5.77. The summed E-state index contributed by atoms with van der Waals surface area (Å²) in [4.78, 5) is 17.6. The Kier molecular flexibility index (Phi) is 4.88. The number of hydrogen-bond acceptors (Lipinski definition) is 8. The predicted molar refractivity (Wildman–Crippen MR) is 110 cm³/mol. The third-order valence-electron chi connectivity index (χ3n) is 3.85. The Morgan fingerprint density at radius 2 is 2.19 bits per heavy atom. The van der Waals surface area contributed by atoms with Crippen molar-refractivity contribution < 1.29 is 0 Å². The molecule has 4 rings (SSSR count). The van der Waals surface area contributed by atoms with Gasteiger partial charge in [-0.05, 0) is 23.9 Å². The van der Waals surface area contributed by atoms with Gasteiger partial charge in [-0.1, -0.05) is 17.7 Å². The number of imidazole rings is 1. The highest BCUT2D eigenvalue weighted by molar-refractivity contribution is 8.01.